The summed E-state index contributed by atoms with van der Waals surface area (Å²) in [6.07, 6.45) is 1.16. The van der Waals surface area contributed by atoms with Gasteiger partial charge in [-0.2, -0.15) is 5.26 Å². The molecule has 0 aliphatic carbocycles. The summed E-state index contributed by atoms with van der Waals surface area (Å²) >= 11 is 0. The maximum absolute atomic E-state index is 10.7. The van der Waals surface area contributed by atoms with Crippen molar-refractivity contribution in [2.24, 2.45) is 0 Å². The Bertz CT molecular complexity index is 737. The molecular formula is C16H17N5O2. The molecule has 118 valence electrons. The lowest BCUT2D eigenvalue weighted by atomic mass is 10.2. The third-order valence-electron chi connectivity index (χ3n) is 3.41. The zero-order valence-corrected chi connectivity index (χ0v) is 13.1. The Hall–Kier alpha value is -3.01. The van der Waals surface area contributed by atoms with Gasteiger partial charge in [0.2, 0.25) is 0 Å². The maximum atomic E-state index is 10.7. The van der Waals surface area contributed by atoms with Crippen LogP contribution in [0.3, 0.4) is 0 Å². The zero-order valence-electron chi connectivity index (χ0n) is 13.1. The molecule has 0 radical (unpaired) electrons. The molecule has 1 aromatic carbocycles. The molecule has 23 heavy (non-hydrogen) atoms. The summed E-state index contributed by atoms with van der Waals surface area (Å²) < 4.78 is 0. The van der Waals surface area contributed by atoms with Gasteiger partial charge in [-0.1, -0.05) is 6.92 Å². The van der Waals surface area contributed by atoms with E-state index in [1.54, 1.807) is 12.1 Å². The van der Waals surface area contributed by atoms with E-state index in [-0.39, 0.29) is 5.69 Å². The summed E-state index contributed by atoms with van der Waals surface area (Å²) in [5, 5.41) is 19.4. The highest BCUT2D eigenvalue weighted by Gasteiger charge is 2.11. The zero-order chi connectivity index (χ0) is 16.8. The fourth-order valence-corrected chi connectivity index (χ4v) is 2.05. The van der Waals surface area contributed by atoms with Crippen molar-refractivity contribution in [3.8, 4) is 17.5 Å². The van der Waals surface area contributed by atoms with Gasteiger partial charge in [0.05, 0.1) is 17.4 Å². The van der Waals surface area contributed by atoms with Gasteiger partial charge in [-0.3, -0.25) is 10.1 Å². The minimum Gasteiger partial charge on any atom is -0.359 e. The molecule has 0 saturated carbocycles. The van der Waals surface area contributed by atoms with E-state index in [0.717, 1.165) is 23.5 Å². The predicted molar refractivity (Wildman–Crippen MR) is 87.0 cm³/mol. The van der Waals surface area contributed by atoms with Gasteiger partial charge in [0.1, 0.15) is 5.82 Å². The summed E-state index contributed by atoms with van der Waals surface area (Å²) in [4.78, 5) is 21.2. The average molecular weight is 311 g/mol. The van der Waals surface area contributed by atoms with Crippen LogP contribution in [0.1, 0.15) is 19.0 Å². The summed E-state index contributed by atoms with van der Waals surface area (Å²) in [6.45, 7) is 2.58. The van der Waals surface area contributed by atoms with Crippen LogP contribution in [0.5, 0.6) is 0 Å². The molecule has 2 rings (SSSR count). The lowest BCUT2D eigenvalue weighted by Crippen LogP contribution is -2.20. The van der Waals surface area contributed by atoms with Crippen LogP contribution in [0.2, 0.25) is 0 Å². The third kappa shape index (κ3) is 4.01. The standard InChI is InChI=1S/C16H17N5O2/c1-3-13-11-15(20(2)10-4-9-17)19-16(18-13)12-5-7-14(8-6-12)21(22)23/h5-8,11H,3-4,10H2,1-2H3. The van der Waals surface area contributed by atoms with E-state index >= 15 is 0 Å². The first kappa shape index (κ1) is 16.4. The molecule has 0 amide bonds. The Morgan fingerprint density at radius 2 is 2.00 bits per heavy atom. The van der Waals surface area contributed by atoms with Crippen LogP contribution in [0, 0.1) is 21.4 Å². The first-order valence-corrected chi connectivity index (χ1v) is 7.26. The molecule has 0 aliphatic heterocycles. The summed E-state index contributed by atoms with van der Waals surface area (Å²) in [6, 6.07) is 10.2. The van der Waals surface area contributed by atoms with E-state index < -0.39 is 4.92 Å². The van der Waals surface area contributed by atoms with Crippen molar-refractivity contribution in [2.45, 2.75) is 19.8 Å². The van der Waals surface area contributed by atoms with Crippen molar-refractivity contribution in [1.29, 1.82) is 5.26 Å². The average Bonchev–Trinajstić information content (AvgIpc) is 2.59. The molecule has 1 heterocycles. The van der Waals surface area contributed by atoms with E-state index in [1.807, 2.05) is 24.9 Å². The molecule has 0 spiro atoms. The van der Waals surface area contributed by atoms with Crippen molar-refractivity contribution in [2.75, 3.05) is 18.5 Å². The van der Waals surface area contributed by atoms with Gasteiger partial charge in [0.15, 0.2) is 5.82 Å². The highest BCUT2D eigenvalue weighted by Crippen LogP contribution is 2.22. The smallest absolute Gasteiger partial charge is 0.269 e. The molecule has 7 heteroatoms. The number of nitriles is 1. The van der Waals surface area contributed by atoms with E-state index in [4.69, 9.17) is 5.26 Å². The van der Waals surface area contributed by atoms with E-state index in [2.05, 4.69) is 16.0 Å². The van der Waals surface area contributed by atoms with Gasteiger partial charge in [-0.15, -0.1) is 0 Å². The number of hydrogen-bond acceptors (Lipinski definition) is 6. The largest absolute Gasteiger partial charge is 0.359 e. The predicted octanol–water partition coefficient (Wildman–Crippen LogP) is 2.96. The van der Waals surface area contributed by atoms with Gasteiger partial charge in [-0.05, 0) is 18.6 Å². The minimum atomic E-state index is -0.436. The van der Waals surface area contributed by atoms with Gasteiger partial charge < -0.3 is 4.90 Å². The van der Waals surface area contributed by atoms with Crippen molar-refractivity contribution in [1.82, 2.24) is 9.97 Å². The van der Waals surface area contributed by atoms with E-state index in [0.29, 0.717) is 18.8 Å². The van der Waals surface area contributed by atoms with Crippen LogP contribution < -0.4 is 4.90 Å². The lowest BCUT2D eigenvalue weighted by Gasteiger charge is -2.18. The third-order valence-corrected chi connectivity index (χ3v) is 3.41. The van der Waals surface area contributed by atoms with Crippen LogP contribution in [0.4, 0.5) is 11.5 Å². The fraction of sp³-hybridized carbons (Fsp3) is 0.312. The molecule has 0 unspecified atom stereocenters. The molecular weight excluding hydrogens is 294 g/mol. The number of hydrogen-bond donors (Lipinski definition) is 0. The van der Waals surface area contributed by atoms with Crippen LogP contribution >= 0.6 is 0 Å². The lowest BCUT2D eigenvalue weighted by molar-refractivity contribution is -0.384. The second kappa shape index (κ2) is 7.31. The van der Waals surface area contributed by atoms with Gasteiger partial charge in [0.25, 0.3) is 5.69 Å². The number of benzene rings is 1. The van der Waals surface area contributed by atoms with Gasteiger partial charge in [0, 0.05) is 43.0 Å². The molecule has 0 saturated heterocycles. The van der Waals surface area contributed by atoms with Gasteiger partial charge in [-0.25, -0.2) is 9.97 Å². The number of nitrogens with zero attached hydrogens (tertiary/aromatic N) is 5. The number of non-ortho nitro benzene ring substituents is 1. The van der Waals surface area contributed by atoms with Crippen molar-refractivity contribution in [3.63, 3.8) is 0 Å². The minimum absolute atomic E-state index is 0.0340. The first-order chi connectivity index (χ1) is 11.0. The molecule has 2 aromatic rings. The van der Waals surface area contributed by atoms with Crippen LogP contribution in [0.15, 0.2) is 30.3 Å². The number of aryl methyl sites for hydroxylation is 1. The van der Waals surface area contributed by atoms with Crippen molar-refractivity contribution in [3.05, 3.63) is 46.1 Å². The molecule has 7 nitrogen and oxygen atoms in total. The van der Waals surface area contributed by atoms with Crippen LogP contribution in [0.25, 0.3) is 11.4 Å². The number of nitro groups is 1. The monoisotopic (exact) mass is 311 g/mol. The Balaban J connectivity index is 2.37. The fourth-order valence-electron chi connectivity index (χ4n) is 2.05. The molecule has 0 N–H and O–H groups in total. The quantitative estimate of drug-likeness (QED) is 0.601. The highest BCUT2D eigenvalue weighted by atomic mass is 16.6. The molecule has 0 bridgehead atoms. The number of nitro benzene ring substituents is 1. The van der Waals surface area contributed by atoms with Gasteiger partial charge >= 0.3 is 0 Å². The second-order valence-corrected chi connectivity index (χ2v) is 5.03. The molecule has 0 aliphatic rings. The topological polar surface area (TPSA) is 96.0 Å². The Kier molecular flexibility index (Phi) is 5.20. The molecule has 0 atom stereocenters. The van der Waals surface area contributed by atoms with Crippen molar-refractivity contribution < 1.29 is 4.92 Å². The summed E-state index contributed by atoms with van der Waals surface area (Å²) in [7, 11) is 1.87. The van der Waals surface area contributed by atoms with Crippen LogP contribution in [-0.2, 0) is 6.42 Å². The first-order valence-electron chi connectivity index (χ1n) is 7.26. The highest BCUT2D eigenvalue weighted by molar-refractivity contribution is 5.59. The second-order valence-electron chi connectivity index (χ2n) is 5.03. The number of anilines is 1. The Labute approximate surface area is 134 Å². The Morgan fingerprint density at radius 1 is 1.30 bits per heavy atom. The Morgan fingerprint density at radius 3 is 2.57 bits per heavy atom. The summed E-state index contributed by atoms with van der Waals surface area (Å²) in [5.41, 5.74) is 1.64. The number of aromatic nitrogens is 2. The van der Waals surface area contributed by atoms with E-state index in [9.17, 15) is 10.1 Å². The van der Waals surface area contributed by atoms with Crippen molar-refractivity contribution >= 4 is 11.5 Å². The van der Waals surface area contributed by atoms with E-state index in [1.165, 1.54) is 12.1 Å². The maximum Gasteiger partial charge on any atom is 0.269 e. The normalized spacial score (nSPS) is 10.1. The number of rotatable bonds is 6. The van der Waals surface area contributed by atoms with Crippen LogP contribution in [-0.4, -0.2) is 28.5 Å². The SMILES string of the molecule is CCc1cc(N(C)CCC#N)nc(-c2ccc([N+](=O)[O-])cc2)n1. The molecule has 1 aromatic heterocycles. The molecule has 0 fully saturated rings. The summed E-state index contributed by atoms with van der Waals surface area (Å²) in [5.74, 6) is 1.26.